The predicted octanol–water partition coefficient (Wildman–Crippen LogP) is 3.89. The number of carbonyl (C=O) groups excluding carboxylic acids is 2. The van der Waals surface area contributed by atoms with Crippen molar-refractivity contribution in [1.82, 2.24) is 9.47 Å². The van der Waals surface area contributed by atoms with E-state index in [0.717, 1.165) is 15.9 Å². The van der Waals surface area contributed by atoms with Gasteiger partial charge in [-0.2, -0.15) is 4.99 Å². The maximum absolute atomic E-state index is 12.8. The van der Waals surface area contributed by atoms with Crippen LogP contribution in [-0.4, -0.2) is 34.4 Å². The lowest BCUT2D eigenvalue weighted by atomic mass is 9.95. The molecule has 3 aromatic rings. The van der Waals surface area contributed by atoms with E-state index in [1.165, 1.54) is 16.9 Å². The molecule has 2 heterocycles. The molecule has 0 bridgehead atoms. The zero-order valence-corrected chi connectivity index (χ0v) is 17.8. The van der Waals surface area contributed by atoms with Crippen LogP contribution in [0.4, 0.5) is 0 Å². The Hall–Kier alpha value is -2.99. The maximum Gasteiger partial charge on any atom is 0.254 e. The molecule has 1 fully saturated rings. The summed E-state index contributed by atoms with van der Waals surface area (Å²) in [6.07, 6.45) is 3.28. The van der Waals surface area contributed by atoms with E-state index >= 15 is 0 Å². The van der Waals surface area contributed by atoms with Gasteiger partial charge in [0.25, 0.3) is 11.8 Å². The Balaban J connectivity index is 1.40. The Kier molecular flexibility index (Phi) is 6.23. The fourth-order valence-electron chi connectivity index (χ4n) is 3.79. The van der Waals surface area contributed by atoms with Crippen molar-refractivity contribution in [2.75, 3.05) is 13.1 Å². The van der Waals surface area contributed by atoms with Crippen LogP contribution in [0.2, 0.25) is 0 Å². The predicted molar refractivity (Wildman–Crippen MR) is 118 cm³/mol. The van der Waals surface area contributed by atoms with Gasteiger partial charge in [-0.05, 0) is 37.0 Å². The van der Waals surface area contributed by atoms with Crippen molar-refractivity contribution in [3.63, 3.8) is 0 Å². The SMILES string of the molecule is Cc1ccccc1C(=O)N1CCC(C(=O)N=c2sccn2Cc2ccccc2)CC1. The van der Waals surface area contributed by atoms with Crippen LogP contribution in [0.5, 0.6) is 0 Å². The number of thiazole rings is 1. The summed E-state index contributed by atoms with van der Waals surface area (Å²) in [4.78, 5) is 32.6. The van der Waals surface area contributed by atoms with Crippen molar-refractivity contribution < 1.29 is 9.59 Å². The van der Waals surface area contributed by atoms with Crippen LogP contribution in [0.1, 0.15) is 34.3 Å². The highest BCUT2D eigenvalue weighted by molar-refractivity contribution is 7.07. The second-order valence-corrected chi connectivity index (χ2v) is 8.50. The Labute approximate surface area is 180 Å². The summed E-state index contributed by atoms with van der Waals surface area (Å²) < 4.78 is 2.01. The van der Waals surface area contributed by atoms with Crippen LogP contribution in [0.15, 0.2) is 71.2 Å². The van der Waals surface area contributed by atoms with E-state index in [9.17, 15) is 9.59 Å². The first-order chi connectivity index (χ1) is 14.6. The molecule has 1 aliphatic heterocycles. The molecule has 2 amide bonds. The average Bonchev–Trinajstić information content (AvgIpc) is 3.21. The molecule has 0 aliphatic carbocycles. The van der Waals surface area contributed by atoms with E-state index in [-0.39, 0.29) is 17.7 Å². The van der Waals surface area contributed by atoms with Gasteiger partial charge in [-0.1, -0.05) is 48.5 Å². The Morgan fingerprint density at radius 3 is 2.47 bits per heavy atom. The fraction of sp³-hybridized carbons (Fsp3) is 0.292. The molecule has 154 valence electrons. The molecule has 1 aliphatic rings. The zero-order chi connectivity index (χ0) is 20.9. The lowest BCUT2D eigenvalue weighted by molar-refractivity contribution is -0.123. The second-order valence-electron chi connectivity index (χ2n) is 7.63. The van der Waals surface area contributed by atoms with Crippen LogP contribution in [-0.2, 0) is 11.3 Å². The molecule has 0 spiro atoms. The van der Waals surface area contributed by atoms with Gasteiger partial charge >= 0.3 is 0 Å². The zero-order valence-electron chi connectivity index (χ0n) is 17.0. The van der Waals surface area contributed by atoms with Gasteiger partial charge in [0.15, 0.2) is 4.80 Å². The van der Waals surface area contributed by atoms with E-state index in [1.54, 1.807) is 0 Å². The first-order valence-electron chi connectivity index (χ1n) is 10.2. The summed E-state index contributed by atoms with van der Waals surface area (Å²) >= 11 is 1.48. The van der Waals surface area contributed by atoms with E-state index < -0.39 is 0 Å². The number of benzene rings is 2. The van der Waals surface area contributed by atoms with Crippen molar-refractivity contribution in [1.29, 1.82) is 0 Å². The minimum absolute atomic E-state index is 0.0508. The minimum Gasteiger partial charge on any atom is -0.339 e. The lowest BCUT2D eigenvalue weighted by Gasteiger charge is -2.31. The number of hydrogen-bond donors (Lipinski definition) is 0. The number of likely N-dealkylation sites (tertiary alicyclic amines) is 1. The highest BCUT2D eigenvalue weighted by atomic mass is 32.1. The Morgan fingerprint density at radius 2 is 1.73 bits per heavy atom. The smallest absolute Gasteiger partial charge is 0.254 e. The molecule has 1 saturated heterocycles. The number of piperidine rings is 1. The molecule has 0 saturated carbocycles. The van der Waals surface area contributed by atoms with Gasteiger partial charge in [0.05, 0.1) is 0 Å². The first-order valence-corrected chi connectivity index (χ1v) is 11.1. The number of aromatic nitrogens is 1. The van der Waals surface area contributed by atoms with Crippen LogP contribution < -0.4 is 4.80 Å². The van der Waals surface area contributed by atoms with Gasteiger partial charge in [-0.3, -0.25) is 9.59 Å². The third-order valence-electron chi connectivity index (χ3n) is 5.57. The molecule has 5 nitrogen and oxygen atoms in total. The van der Waals surface area contributed by atoms with Gasteiger partial charge in [-0.15, -0.1) is 11.3 Å². The topological polar surface area (TPSA) is 54.7 Å². The molecule has 6 heteroatoms. The number of nitrogens with zero attached hydrogens (tertiary/aromatic N) is 3. The molecular weight excluding hydrogens is 394 g/mol. The highest BCUT2D eigenvalue weighted by Crippen LogP contribution is 2.21. The lowest BCUT2D eigenvalue weighted by Crippen LogP contribution is -2.40. The summed E-state index contributed by atoms with van der Waals surface area (Å²) in [6.45, 7) is 3.83. The third-order valence-corrected chi connectivity index (χ3v) is 6.36. The summed E-state index contributed by atoms with van der Waals surface area (Å²) in [7, 11) is 0. The van der Waals surface area contributed by atoms with Gasteiger partial charge in [0, 0.05) is 42.7 Å². The first kappa shape index (κ1) is 20.3. The van der Waals surface area contributed by atoms with Crippen molar-refractivity contribution in [2.24, 2.45) is 10.9 Å². The molecule has 0 radical (unpaired) electrons. The van der Waals surface area contributed by atoms with Crippen molar-refractivity contribution >= 4 is 23.2 Å². The third kappa shape index (κ3) is 4.60. The standard InChI is InChI=1S/C24H25N3O2S/c1-18-7-5-6-10-21(18)23(29)26-13-11-20(12-14-26)22(28)25-24-27(15-16-30-24)17-19-8-3-2-4-9-19/h2-10,15-16,20H,11-14,17H2,1H3. The number of rotatable bonds is 4. The molecular formula is C24H25N3O2S. The van der Waals surface area contributed by atoms with Crippen molar-refractivity contribution in [3.05, 3.63) is 87.7 Å². The van der Waals surface area contributed by atoms with Crippen molar-refractivity contribution in [3.8, 4) is 0 Å². The largest absolute Gasteiger partial charge is 0.339 e. The summed E-state index contributed by atoms with van der Waals surface area (Å²) in [6, 6.07) is 17.8. The maximum atomic E-state index is 12.8. The molecule has 2 aromatic carbocycles. The van der Waals surface area contributed by atoms with Crippen LogP contribution >= 0.6 is 11.3 Å². The Bertz CT molecular complexity index is 1090. The van der Waals surface area contributed by atoms with Crippen LogP contribution in [0.3, 0.4) is 0 Å². The van der Waals surface area contributed by atoms with E-state index in [1.807, 2.05) is 70.4 Å². The van der Waals surface area contributed by atoms with Gasteiger partial charge in [0.2, 0.25) is 0 Å². The normalized spacial score (nSPS) is 15.4. The number of amides is 2. The summed E-state index contributed by atoms with van der Waals surface area (Å²) in [5.41, 5.74) is 2.90. The Morgan fingerprint density at radius 1 is 1.03 bits per heavy atom. The summed E-state index contributed by atoms with van der Waals surface area (Å²) in [5.74, 6) is -0.157. The van der Waals surface area contributed by atoms with Gasteiger partial charge in [0.1, 0.15) is 0 Å². The fourth-order valence-corrected chi connectivity index (χ4v) is 4.52. The average molecular weight is 420 g/mol. The minimum atomic E-state index is -0.127. The summed E-state index contributed by atoms with van der Waals surface area (Å²) in [5, 5.41) is 1.96. The monoisotopic (exact) mass is 419 g/mol. The number of aryl methyl sites for hydroxylation is 1. The van der Waals surface area contributed by atoms with E-state index in [2.05, 4.69) is 17.1 Å². The molecule has 0 atom stereocenters. The van der Waals surface area contributed by atoms with Crippen LogP contribution in [0.25, 0.3) is 0 Å². The molecule has 4 rings (SSSR count). The molecule has 1 aromatic heterocycles. The van der Waals surface area contributed by atoms with Crippen molar-refractivity contribution in [2.45, 2.75) is 26.3 Å². The number of carbonyl (C=O) groups is 2. The highest BCUT2D eigenvalue weighted by Gasteiger charge is 2.28. The van der Waals surface area contributed by atoms with E-state index in [4.69, 9.17) is 0 Å². The van der Waals surface area contributed by atoms with Gasteiger partial charge < -0.3 is 9.47 Å². The quantitative estimate of drug-likeness (QED) is 0.644. The molecule has 30 heavy (non-hydrogen) atoms. The second kappa shape index (κ2) is 9.22. The van der Waals surface area contributed by atoms with Gasteiger partial charge in [-0.25, -0.2) is 0 Å². The van der Waals surface area contributed by atoms with Crippen LogP contribution in [0, 0.1) is 12.8 Å². The molecule has 0 unspecified atom stereocenters. The molecule has 0 N–H and O–H groups in total. The number of hydrogen-bond acceptors (Lipinski definition) is 3. The van der Waals surface area contributed by atoms with E-state index in [0.29, 0.717) is 32.5 Å².